The lowest BCUT2D eigenvalue weighted by Gasteiger charge is -2.17. The fourth-order valence-electron chi connectivity index (χ4n) is 1.72. The molecular formula is C14H22O. The van der Waals surface area contributed by atoms with Gasteiger partial charge in [-0.2, -0.15) is 0 Å². The molecule has 0 bridgehead atoms. The summed E-state index contributed by atoms with van der Waals surface area (Å²) >= 11 is 0. The first-order chi connectivity index (χ1) is 7.25. The lowest BCUT2D eigenvalue weighted by molar-refractivity contribution is 0.217. The topological polar surface area (TPSA) is 9.23 Å². The van der Waals surface area contributed by atoms with Crippen molar-refractivity contribution in [2.75, 3.05) is 6.61 Å². The van der Waals surface area contributed by atoms with Gasteiger partial charge in [0.2, 0.25) is 0 Å². The van der Waals surface area contributed by atoms with Crippen molar-refractivity contribution < 1.29 is 4.74 Å². The Kier molecular flexibility index (Phi) is 5.23. The van der Waals surface area contributed by atoms with E-state index in [2.05, 4.69) is 26.2 Å². The summed E-state index contributed by atoms with van der Waals surface area (Å²) in [5, 5.41) is 0. The van der Waals surface area contributed by atoms with Crippen LogP contribution in [-0.2, 0) is 4.74 Å². The van der Waals surface area contributed by atoms with Crippen molar-refractivity contribution in [2.45, 2.75) is 45.4 Å². The predicted octanol–water partition coefficient (Wildman–Crippen LogP) is 4.37. The van der Waals surface area contributed by atoms with E-state index >= 15 is 0 Å². The second-order valence-corrected chi connectivity index (χ2v) is 4.08. The Bertz CT molecular complexity index is 261. The highest BCUT2D eigenvalue weighted by Gasteiger charge is 2.10. The standard InChI is InChI=1S/C14H22O/c1-4-5-11-15-13(3)12(2)14-9-7-6-8-10-14/h9H,2-8,10-11H2,1H3. The van der Waals surface area contributed by atoms with E-state index in [0.717, 1.165) is 37.2 Å². The number of hydrogen-bond donors (Lipinski definition) is 0. The van der Waals surface area contributed by atoms with Crippen molar-refractivity contribution in [3.8, 4) is 0 Å². The number of allylic oxidation sites excluding steroid dienone is 2. The van der Waals surface area contributed by atoms with Gasteiger partial charge in [-0.3, -0.25) is 0 Å². The van der Waals surface area contributed by atoms with Gasteiger partial charge >= 0.3 is 0 Å². The van der Waals surface area contributed by atoms with Crippen molar-refractivity contribution >= 4 is 0 Å². The van der Waals surface area contributed by atoms with Crippen LogP contribution in [0.15, 0.2) is 36.1 Å². The average molecular weight is 206 g/mol. The summed E-state index contributed by atoms with van der Waals surface area (Å²) in [6.07, 6.45) is 9.41. The molecule has 1 nitrogen and oxygen atoms in total. The largest absolute Gasteiger partial charge is 0.494 e. The number of rotatable bonds is 6. The van der Waals surface area contributed by atoms with Gasteiger partial charge in [-0.25, -0.2) is 0 Å². The zero-order valence-electron chi connectivity index (χ0n) is 9.85. The molecule has 0 aromatic carbocycles. The number of hydrogen-bond acceptors (Lipinski definition) is 1. The maximum Gasteiger partial charge on any atom is 0.119 e. The summed E-state index contributed by atoms with van der Waals surface area (Å²) in [6, 6.07) is 0. The van der Waals surface area contributed by atoms with Gasteiger partial charge in [0.1, 0.15) is 5.76 Å². The zero-order chi connectivity index (χ0) is 11.1. The molecule has 0 saturated heterocycles. The van der Waals surface area contributed by atoms with E-state index in [1.54, 1.807) is 0 Å². The highest BCUT2D eigenvalue weighted by atomic mass is 16.5. The highest BCUT2D eigenvalue weighted by molar-refractivity contribution is 5.40. The maximum atomic E-state index is 5.56. The Labute approximate surface area is 93.5 Å². The molecule has 0 radical (unpaired) electrons. The van der Waals surface area contributed by atoms with Crippen molar-refractivity contribution in [2.24, 2.45) is 0 Å². The van der Waals surface area contributed by atoms with Gasteiger partial charge in [0.15, 0.2) is 0 Å². The van der Waals surface area contributed by atoms with Gasteiger partial charge in [0.05, 0.1) is 6.61 Å². The summed E-state index contributed by atoms with van der Waals surface area (Å²) in [5.74, 6) is 0.761. The summed E-state index contributed by atoms with van der Waals surface area (Å²) in [5.41, 5.74) is 2.34. The van der Waals surface area contributed by atoms with Crippen LogP contribution in [0.4, 0.5) is 0 Å². The molecule has 1 rings (SSSR count). The molecule has 0 N–H and O–H groups in total. The molecule has 0 atom stereocenters. The van der Waals surface area contributed by atoms with E-state index in [4.69, 9.17) is 4.74 Å². The monoisotopic (exact) mass is 206 g/mol. The molecule has 0 amide bonds. The molecule has 84 valence electrons. The third-order valence-electron chi connectivity index (χ3n) is 2.79. The minimum atomic E-state index is 0.761. The lowest BCUT2D eigenvalue weighted by atomic mass is 9.94. The molecule has 0 aromatic rings. The molecule has 15 heavy (non-hydrogen) atoms. The summed E-state index contributed by atoms with van der Waals surface area (Å²) in [4.78, 5) is 0. The molecular weight excluding hydrogens is 184 g/mol. The van der Waals surface area contributed by atoms with Crippen molar-refractivity contribution in [1.29, 1.82) is 0 Å². The van der Waals surface area contributed by atoms with Crippen LogP contribution in [0.5, 0.6) is 0 Å². The minimum Gasteiger partial charge on any atom is -0.494 e. The van der Waals surface area contributed by atoms with E-state index in [-0.39, 0.29) is 0 Å². The third-order valence-corrected chi connectivity index (χ3v) is 2.79. The summed E-state index contributed by atoms with van der Waals surface area (Å²) in [7, 11) is 0. The quantitative estimate of drug-likeness (QED) is 0.356. The Morgan fingerprint density at radius 2 is 2.20 bits per heavy atom. The Morgan fingerprint density at radius 1 is 1.40 bits per heavy atom. The second-order valence-electron chi connectivity index (χ2n) is 4.08. The smallest absolute Gasteiger partial charge is 0.119 e. The Hall–Kier alpha value is -0.980. The van der Waals surface area contributed by atoms with Crippen LogP contribution in [0, 0.1) is 0 Å². The first kappa shape index (κ1) is 12.1. The van der Waals surface area contributed by atoms with E-state index in [9.17, 15) is 0 Å². The normalized spacial score (nSPS) is 15.7. The van der Waals surface area contributed by atoms with Crippen LogP contribution < -0.4 is 0 Å². The minimum absolute atomic E-state index is 0.761. The van der Waals surface area contributed by atoms with Gasteiger partial charge in [-0.1, -0.05) is 32.6 Å². The van der Waals surface area contributed by atoms with Crippen LogP contribution in [0.2, 0.25) is 0 Å². The second kappa shape index (κ2) is 6.49. The van der Waals surface area contributed by atoms with Gasteiger partial charge in [0.25, 0.3) is 0 Å². The SMILES string of the molecule is C=C(OCCCC)C(=C)C1=CCCCC1. The van der Waals surface area contributed by atoms with E-state index in [1.807, 2.05) is 0 Å². The van der Waals surface area contributed by atoms with Crippen molar-refractivity contribution in [3.05, 3.63) is 36.1 Å². The predicted molar refractivity (Wildman–Crippen MR) is 65.7 cm³/mol. The molecule has 0 heterocycles. The third kappa shape index (κ3) is 3.94. The molecule has 0 aromatic heterocycles. The Morgan fingerprint density at radius 3 is 2.80 bits per heavy atom. The Balaban J connectivity index is 2.38. The zero-order valence-corrected chi connectivity index (χ0v) is 9.85. The molecule has 1 heteroatoms. The van der Waals surface area contributed by atoms with E-state index in [1.165, 1.54) is 24.8 Å². The first-order valence-corrected chi connectivity index (χ1v) is 5.96. The van der Waals surface area contributed by atoms with Crippen LogP contribution in [0.1, 0.15) is 45.4 Å². The fourth-order valence-corrected chi connectivity index (χ4v) is 1.72. The molecule has 0 saturated carbocycles. The maximum absolute atomic E-state index is 5.56. The van der Waals surface area contributed by atoms with Crippen LogP contribution in [0.3, 0.4) is 0 Å². The van der Waals surface area contributed by atoms with E-state index < -0.39 is 0 Å². The lowest BCUT2D eigenvalue weighted by Crippen LogP contribution is -2.01. The molecule has 1 aliphatic rings. The number of unbranched alkanes of at least 4 members (excludes halogenated alkanes) is 1. The van der Waals surface area contributed by atoms with Crippen molar-refractivity contribution in [1.82, 2.24) is 0 Å². The summed E-state index contributed by atoms with van der Waals surface area (Å²) in [6.45, 7) is 10.9. The molecule has 0 spiro atoms. The number of ether oxygens (including phenoxy) is 1. The molecule has 1 aliphatic carbocycles. The van der Waals surface area contributed by atoms with Crippen molar-refractivity contribution in [3.63, 3.8) is 0 Å². The molecule has 0 aliphatic heterocycles. The van der Waals surface area contributed by atoms with Gasteiger partial charge < -0.3 is 4.74 Å². The molecule has 0 fully saturated rings. The van der Waals surface area contributed by atoms with Crippen LogP contribution >= 0.6 is 0 Å². The highest BCUT2D eigenvalue weighted by Crippen LogP contribution is 2.27. The first-order valence-electron chi connectivity index (χ1n) is 5.96. The molecule has 0 unspecified atom stereocenters. The fraction of sp³-hybridized carbons (Fsp3) is 0.571. The van der Waals surface area contributed by atoms with Crippen LogP contribution in [0.25, 0.3) is 0 Å². The van der Waals surface area contributed by atoms with Crippen LogP contribution in [-0.4, -0.2) is 6.61 Å². The van der Waals surface area contributed by atoms with Gasteiger partial charge in [-0.15, -0.1) is 0 Å². The average Bonchev–Trinajstić information content (AvgIpc) is 2.29. The van der Waals surface area contributed by atoms with E-state index in [0.29, 0.717) is 0 Å². The van der Waals surface area contributed by atoms with Gasteiger partial charge in [0, 0.05) is 5.57 Å². The van der Waals surface area contributed by atoms with Gasteiger partial charge in [-0.05, 0) is 37.7 Å². The summed E-state index contributed by atoms with van der Waals surface area (Å²) < 4.78 is 5.56.